The molecule has 2 saturated carbocycles. The van der Waals surface area contributed by atoms with E-state index in [1.165, 1.54) is 0 Å². The molecule has 0 radical (unpaired) electrons. The third-order valence-corrected chi connectivity index (χ3v) is 8.94. The second kappa shape index (κ2) is 6.14. The van der Waals surface area contributed by atoms with E-state index in [2.05, 4.69) is 43.3 Å². The van der Waals surface area contributed by atoms with E-state index >= 15 is 0 Å². The summed E-state index contributed by atoms with van der Waals surface area (Å²) in [4.78, 5) is 0.549. The third kappa shape index (κ3) is 3.43. The van der Waals surface area contributed by atoms with Crippen LogP contribution < -0.4 is 0 Å². The Morgan fingerprint density at radius 1 is 1.22 bits per heavy atom. The zero-order valence-electron chi connectivity index (χ0n) is 15.5. The maximum atomic E-state index is 11.1. The Morgan fingerprint density at radius 2 is 1.83 bits per heavy atom. The number of rotatable bonds is 4. The molecule has 2 aliphatic carbocycles. The van der Waals surface area contributed by atoms with Gasteiger partial charge in [0, 0.05) is 4.83 Å². The molecule has 134 valence electrons. The Hall–Kier alpha value is 0.140. The van der Waals surface area contributed by atoms with Gasteiger partial charge in [-0.3, -0.25) is 0 Å². The van der Waals surface area contributed by atoms with Gasteiger partial charge >= 0.3 is 0 Å². The first kappa shape index (κ1) is 19.5. The number of hydrogen-bond acceptors (Lipinski definition) is 2. The molecule has 6 atom stereocenters. The molecular formula is C20H35BrO2. The molecule has 2 rings (SSSR count). The molecule has 0 heterocycles. The van der Waals surface area contributed by atoms with Crippen LogP contribution in [0.5, 0.6) is 0 Å². The van der Waals surface area contributed by atoms with Crippen molar-refractivity contribution >= 4 is 15.9 Å². The highest BCUT2D eigenvalue weighted by Crippen LogP contribution is 2.64. The number of fused-ring (bicyclic) bond motifs is 1. The molecule has 0 aromatic carbocycles. The SMILES string of the molecule is C=C[C@@](C)(O)CC[C@H]1[C@]2(C)CC[C@@H](Br)C(C)(C)[C@H]2CC[C@@]1(C)O. The summed E-state index contributed by atoms with van der Waals surface area (Å²) < 4.78 is 0. The topological polar surface area (TPSA) is 40.5 Å². The minimum atomic E-state index is -0.846. The molecule has 0 unspecified atom stereocenters. The third-order valence-electron chi connectivity index (χ3n) is 7.30. The molecule has 0 amide bonds. The van der Waals surface area contributed by atoms with E-state index < -0.39 is 11.2 Å². The van der Waals surface area contributed by atoms with Crippen molar-refractivity contribution in [2.24, 2.45) is 22.7 Å². The summed E-state index contributed by atoms with van der Waals surface area (Å²) in [7, 11) is 0. The van der Waals surface area contributed by atoms with Gasteiger partial charge in [0.25, 0.3) is 0 Å². The monoisotopic (exact) mass is 386 g/mol. The van der Waals surface area contributed by atoms with Crippen molar-refractivity contribution in [2.45, 2.75) is 89.2 Å². The highest BCUT2D eigenvalue weighted by Gasteiger charge is 2.59. The quantitative estimate of drug-likeness (QED) is 0.522. The smallest absolute Gasteiger partial charge is 0.0797 e. The summed E-state index contributed by atoms with van der Waals surface area (Å²) >= 11 is 3.91. The van der Waals surface area contributed by atoms with E-state index in [-0.39, 0.29) is 16.7 Å². The molecule has 0 saturated heterocycles. The lowest BCUT2D eigenvalue weighted by atomic mass is 9.45. The molecule has 0 spiro atoms. The summed E-state index contributed by atoms with van der Waals surface area (Å²) in [5.74, 6) is 0.825. The van der Waals surface area contributed by atoms with Crippen molar-refractivity contribution in [1.82, 2.24) is 0 Å². The van der Waals surface area contributed by atoms with Crippen molar-refractivity contribution < 1.29 is 10.2 Å². The second-order valence-electron chi connectivity index (χ2n) is 9.43. The van der Waals surface area contributed by atoms with Crippen LogP contribution in [0.4, 0.5) is 0 Å². The first-order valence-corrected chi connectivity index (χ1v) is 10.0. The maximum absolute atomic E-state index is 11.1. The molecule has 0 bridgehead atoms. The van der Waals surface area contributed by atoms with Crippen LogP contribution in [-0.4, -0.2) is 26.2 Å². The predicted octanol–water partition coefficient (Wildman–Crippen LogP) is 5.07. The predicted molar refractivity (Wildman–Crippen MR) is 101 cm³/mol. The summed E-state index contributed by atoms with van der Waals surface area (Å²) in [6, 6.07) is 0. The van der Waals surface area contributed by atoms with E-state index in [9.17, 15) is 10.2 Å². The lowest BCUT2D eigenvalue weighted by Crippen LogP contribution is -2.59. The maximum Gasteiger partial charge on any atom is 0.0797 e. The van der Waals surface area contributed by atoms with E-state index in [0.717, 1.165) is 32.1 Å². The van der Waals surface area contributed by atoms with E-state index in [0.29, 0.717) is 17.2 Å². The zero-order valence-corrected chi connectivity index (χ0v) is 17.1. The molecule has 0 aromatic rings. The Labute approximate surface area is 150 Å². The molecule has 2 nitrogen and oxygen atoms in total. The van der Waals surface area contributed by atoms with Gasteiger partial charge in [0.15, 0.2) is 0 Å². The van der Waals surface area contributed by atoms with Crippen LogP contribution in [0.15, 0.2) is 12.7 Å². The molecular weight excluding hydrogens is 352 g/mol. The van der Waals surface area contributed by atoms with Gasteiger partial charge in [0.2, 0.25) is 0 Å². The van der Waals surface area contributed by atoms with Gasteiger partial charge in [0.1, 0.15) is 0 Å². The van der Waals surface area contributed by atoms with Crippen LogP contribution in [0, 0.1) is 22.7 Å². The van der Waals surface area contributed by atoms with Crippen LogP contribution in [0.1, 0.15) is 73.1 Å². The van der Waals surface area contributed by atoms with E-state index in [1.54, 1.807) is 6.08 Å². The van der Waals surface area contributed by atoms with Crippen molar-refractivity contribution in [1.29, 1.82) is 0 Å². The highest BCUT2D eigenvalue weighted by atomic mass is 79.9. The Bertz CT molecular complexity index is 455. The molecule has 2 fully saturated rings. The standard InChI is InChI=1S/C20H35BrO2/c1-7-18(4,22)11-8-15-19(5)12-10-16(21)17(2,3)14(19)9-13-20(15,6)23/h7,14-16,22-23H,1,8-13H2,2-6H3/t14-,15+,16-,18-,19-,20-/m1/s1. The molecule has 2 aliphatic rings. The van der Waals surface area contributed by atoms with Gasteiger partial charge in [-0.2, -0.15) is 0 Å². The fourth-order valence-corrected chi connectivity index (χ4v) is 6.22. The Morgan fingerprint density at radius 3 is 2.39 bits per heavy atom. The summed E-state index contributed by atoms with van der Waals surface area (Å²) in [6.45, 7) is 14.7. The van der Waals surface area contributed by atoms with Gasteiger partial charge < -0.3 is 10.2 Å². The summed E-state index contributed by atoms with van der Waals surface area (Å²) in [6.07, 6.45) is 7.40. The van der Waals surface area contributed by atoms with Crippen LogP contribution in [-0.2, 0) is 0 Å². The lowest BCUT2D eigenvalue weighted by Gasteiger charge is -2.62. The van der Waals surface area contributed by atoms with Gasteiger partial charge in [-0.15, -0.1) is 6.58 Å². The van der Waals surface area contributed by atoms with Crippen molar-refractivity contribution in [3.63, 3.8) is 0 Å². The van der Waals surface area contributed by atoms with Crippen LogP contribution >= 0.6 is 15.9 Å². The van der Waals surface area contributed by atoms with Gasteiger partial charge in [-0.25, -0.2) is 0 Å². The van der Waals surface area contributed by atoms with Gasteiger partial charge in [0.05, 0.1) is 11.2 Å². The Kier molecular flexibility index (Phi) is 5.20. The minimum Gasteiger partial charge on any atom is -0.390 e. The molecule has 23 heavy (non-hydrogen) atoms. The zero-order chi connectivity index (χ0) is 17.7. The first-order valence-electron chi connectivity index (χ1n) is 9.09. The molecule has 0 aromatic heterocycles. The van der Waals surface area contributed by atoms with Gasteiger partial charge in [-0.1, -0.05) is 42.8 Å². The number of alkyl halides is 1. The van der Waals surface area contributed by atoms with E-state index in [1.807, 2.05) is 13.8 Å². The molecule has 2 N–H and O–H groups in total. The second-order valence-corrected chi connectivity index (χ2v) is 10.5. The van der Waals surface area contributed by atoms with Crippen molar-refractivity contribution in [3.8, 4) is 0 Å². The number of hydrogen-bond donors (Lipinski definition) is 2. The van der Waals surface area contributed by atoms with Crippen LogP contribution in [0.25, 0.3) is 0 Å². The van der Waals surface area contributed by atoms with Crippen molar-refractivity contribution in [3.05, 3.63) is 12.7 Å². The van der Waals surface area contributed by atoms with E-state index in [4.69, 9.17) is 0 Å². The first-order chi connectivity index (χ1) is 10.4. The van der Waals surface area contributed by atoms with Gasteiger partial charge in [-0.05, 0) is 75.0 Å². The fourth-order valence-electron chi connectivity index (χ4n) is 5.67. The minimum absolute atomic E-state index is 0.132. The fraction of sp³-hybridized carbons (Fsp3) is 0.900. The molecule has 0 aliphatic heterocycles. The lowest BCUT2D eigenvalue weighted by molar-refractivity contribution is -0.169. The van der Waals surface area contributed by atoms with Crippen LogP contribution in [0.3, 0.4) is 0 Å². The average molecular weight is 387 g/mol. The molecule has 3 heteroatoms. The summed E-state index contributed by atoms with van der Waals surface area (Å²) in [5, 5.41) is 21.5. The summed E-state index contributed by atoms with van der Waals surface area (Å²) in [5.41, 5.74) is -1.12. The average Bonchev–Trinajstić information content (AvgIpc) is 2.42. The largest absolute Gasteiger partial charge is 0.390 e. The number of halogens is 1. The Balaban J connectivity index is 2.31. The van der Waals surface area contributed by atoms with Crippen LogP contribution in [0.2, 0.25) is 0 Å². The highest BCUT2D eigenvalue weighted by molar-refractivity contribution is 9.09. The number of aliphatic hydroxyl groups is 2. The van der Waals surface area contributed by atoms with Crippen molar-refractivity contribution in [2.75, 3.05) is 0 Å². The normalized spacial score (nSPS) is 45.8.